The number of rotatable bonds is 6. The van der Waals surface area contributed by atoms with Gasteiger partial charge in [-0.25, -0.2) is 19.8 Å². The number of aromatic nitrogens is 4. The highest BCUT2D eigenvalue weighted by atomic mass is 16.5. The van der Waals surface area contributed by atoms with Crippen molar-refractivity contribution < 1.29 is 4.74 Å². The Hall–Kier alpha value is -5.53. The molecular formula is C37H32N6O. The molecule has 0 atom stereocenters. The summed E-state index contributed by atoms with van der Waals surface area (Å²) in [6, 6.07) is 25.4. The Labute approximate surface area is 257 Å². The van der Waals surface area contributed by atoms with Crippen molar-refractivity contribution in [3.63, 3.8) is 0 Å². The molecule has 0 radical (unpaired) electrons. The summed E-state index contributed by atoms with van der Waals surface area (Å²) in [4.78, 5) is 17.7. The molecule has 0 N–H and O–H groups in total. The van der Waals surface area contributed by atoms with Crippen molar-refractivity contribution in [2.24, 2.45) is 5.92 Å². The summed E-state index contributed by atoms with van der Waals surface area (Å²) in [5.74, 6) is 2.95. The van der Waals surface area contributed by atoms with Crippen molar-refractivity contribution in [2.45, 2.75) is 46.5 Å². The van der Waals surface area contributed by atoms with Crippen LogP contribution in [-0.4, -0.2) is 19.5 Å². The first-order valence-electron chi connectivity index (χ1n) is 14.6. The maximum absolute atomic E-state index is 9.61. The molecule has 7 heteroatoms. The van der Waals surface area contributed by atoms with Crippen molar-refractivity contribution >= 4 is 27.5 Å². The molecule has 0 unspecified atom stereocenters. The molecule has 0 fully saturated rings. The minimum absolute atomic E-state index is 0.0532. The van der Waals surface area contributed by atoms with Gasteiger partial charge in [0.05, 0.1) is 29.2 Å². The Balaban J connectivity index is 1.47. The van der Waals surface area contributed by atoms with Gasteiger partial charge in [0, 0.05) is 40.5 Å². The zero-order chi connectivity index (χ0) is 31.0. The molecule has 0 spiro atoms. The van der Waals surface area contributed by atoms with Crippen LogP contribution in [0.1, 0.15) is 51.4 Å². The molecule has 3 heterocycles. The summed E-state index contributed by atoms with van der Waals surface area (Å²) in [5, 5.41) is 11.6. The van der Waals surface area contributed by atoms with E-state index in [-0.39, 0.29) is 5.41 Å². The highest BCUT2D eigenvalue weighted by Gasteiger charge is 2.19. The van der Waals surface area contributed by atoms with Crippen molar-refractivity contribution in [1.29, 1.82) is 5.26 Å². The number of fused-ring (bicyclic) bond motifs is 3. The van der Waals surface area contributed by atoms with Crippen molar-refractivity contribution in [2.75, 3.05) is 0 Å². The van der Waals surface area contributed by atoms with Crippen LogP contribution in [0.3, 0.4) is 0 Å². The number of pyridine rings is 1. The van der Waals surface area contributed by atoms with Gasteiger partial charge in [-0.05, 0) is 90.0 Å². The van der Waals surface area contributed by atoms with E-state index in [1.807, 2.05) is 60.8 Å². The maximum Gasteiger partial charge on any atom is 0.191 e. The van der Waals surface area contributed by atoms with E-state index in [0.717, 1.165) is 45.3 Å². The average Bonchev–Trinajstić information content (AvgIpc) is 3.33. The first kappa shape index (κ1) is 28.6. The van der Waals surface area contributed by atoms with Gasteiger partial charge in [0.15, 0.2) is 11.5 Å². The molecule has 3 aromatic heterocycles. The van der Waals surface area contributed by atoms with Gasteiger partial charge in [0.25, 0.3) is 0 Å². The third-order valence-electron chi connectivity index (χ3n) is 7.55. The molecule has 6 rings (SSSR count). The molecule has 0 aliphatic heterocycles. The molecular weight excluding hydrogens is 544 g/mol. The number of hydrogen-bond acceptors (Lipinski definition) is 5. The van der Waals surface area contributed by atoms with Crippen LogP contribution >= 0.6 is 0 Å². The van der Waals surface area contributed by atoms with Gasteiger partial charge in [-0.15, -0.1) is 0 Å². The highest BCUT2D eigenvalue weighted by molar-refractivity contribution is 6.10. The Morgan fingerprint density at radius 2 is 1.70 bits per heavy atom. The molecule has 3 aromatic carbocycles. The monoisotopic (exact) mass is 576 g/mol. The van der Waals surface area contributed by atoms with Gasteiger partial charge < -0.3 is 4.74 Å². The van der Waals surface area contributed by atoms with Gasteiger partial charge in [0.1, 0.15) is 17.3 Å². The first-order valence-corrected chi connectivity index (χ1v) is 14.6. The Morgan fingerprint density at radius 3 is 2.45 bits per heavy atom. The van der Waals surface area contributed by atoms with Crippen LogP contribution in [0.25, 0.3) is 43.9 Å². The normalized spacial score (nSPS) is 11.5. The summed E-state index contributed by atoms with van der Waals surface area (Å²) in [6.07, 6.45) is 4.45. The number of ether oxygens (including phenoxy) is 1. The van der Waals surface area contributed by atoms with E-state index >= 15 is 0 Å². The summed E-state index contributed by atoms with van der Waals surface area (Å²) in [5.41, 5.74) is 5.69. The van der Waals surface area contributed by atoms with Gasteiger partial charge in [-0.1, -0.05) is 34.6 Å². The third-order valence-corrected chi connectivity index (χ3v) is 7.55. The smallest absolute Gasteiger partial charge is 0.191 e. The largest absolute Gasteiger partial charge is 0.459 e. The van der Waals surface area contributed by atoms with Crippen LogP contribution < -0.4 is 4.74 Å². The maximum atomic E-state index is 9.61. The Kier molecular flexibility index (Phi) is 7.33. The molecule has 0 aliphatic carbocycles. The molecule has 216 valence electrons. The van der Waals surface area contributed by atoms with E-state index in [0.29, 0.717) is 34.5 Å². The summed E-state index contributed by atoms with van der Waals surface area (Å²) in [7, 11) is 0. The van der Waals surface area contributed by atoms with E-state index in [4.69, 9.17) is 21.3 Å². The van der Waals surface area contributed by atoms with Gasteiger partial charge in [-0.2, -0.15) is 5.26 Å². The highest BCUT2D eigenvalue weighted by Crippen LogP contribution is 2.37. The summed E-state index contributed by atoms with van der Waals surface area (Å²) < 4.78 is 8.52. The standard InChI is InChI=1S/C37H32N6O/c1-23(2)15-27-12-14-41-36(42-27)25-17-28(39-6)20-30(18-25)44-29-8-9-31-32-16-24(22-38)7-10-33(32)43(34(31)21-29)35-19-26(11-13-40-35)37(3,4)5/h7-14,16-21,23H,15H2,1-5H3. The second-order valence-electron chi connectivity index (χ2n) is 12.4. The van der Waals surface area contributed by atoms with E-state index < -0.39 is 0 Å². The molecule has 0 saturated heterocycles. The van der Waals surface area contributed by atoms with Crippen LogP contribution in [0.5, 0.6) is 11.5 Å². The SMILES string of the molecule is [C-]#[N+]c1cc(Oc2ccc3c4cc(C#N)ccc4n(-c4cc(C(C)(C)C)ccn4)c3c2)cc(-c2nccc(CC(C)C)n2)c1. The van der Waals surface area contributed by atoms with Crippen LogP contribution in [0.4, 0.5) is 5.69 Å². The number of nitrogens with zero attached hydrogens (tertiary/aromatic N) is 6. The van der Waals surface area contributed by atoms with Crippen LogP contribution in [-0.2, 0) is 11.8 Å². The predicted octanol–water partition coefficient (Wildman–Crippen LogP) is 9.35. The van der Waals surface area contributed by atoms with Crippen LogP contribution in [0.15, 0.2) is 85.2 Å². The quantitative estimate of drug-likeness (QED) is 0.185. The fourth-order valence-corrected chi connectivity index (χ4v) is 5.43. The summed E-state index contributed by atoms with van der Waals surface area (Å²) >= 11 is 0. The molecule has 0 saturated carbocycles. The molecule has 0 aliphatic rings. The van der Waals surface area contributed by atoms with Crippen LogP contribution in [0, 0.1) is 23.8 Å². The molecule has 44 heavy (non-hydrogen) atoms. The molecule has 7 nitrogen and oxygen atoms in total. The van der Waals surface area contributed by atoms with E-state index in [2.05, 4.69) is 61.2 Å². The lowest BCUT2D eigenvalue weighted by Gasteiger charge is -2.20. The van der Waals surface area contributed by atoms with Crippen molar-refractivity contribution in [3.8, 4) is 34.8 Å². The lowest BCUT2D eigenvalue weighted by Crippen LogP contribution is -2.12. The second-order valence-corrected chi connectivity index (χ2v) is 12.4. The van der Waals surface area contributed by atoms with Crippen molar-refractivity contribution in [3.05, 3.63) is 113 Å². The minimum Gasteiger partial charge on any atom is -0.459 e. The summed E-state index contributed by atoms with van der Waals surface area (Å²) in [6.45, 7) is 18.6. The fraction of sp³-hybridized carbons (Fsp3) is 0.216. The topological polar surface area (TPSA) is 81.0 Å². The van der Waals surface area contributed by atoms with Crippen molar-refractivity contribution in [1.82, 2.24) is 19.5 Å². The second kappa shape index (κ2) is 11.3. The number of benzene rings is 3. The molecule has 0 bridgehead atoms. The minimum atomic E-state index is -0.0532. The fourth-order valence-electron chi connectivity index (χ4n) is 5.43. The zero-order valence-corrected chi connectivity index (χ0v) is 25.5. The van der Waals surface area contributed by atoms with E-state index in [1.54, 1.807) is 18.3 Å². The Bertz CT molecular complexity index is 2120. The third kappa shape index (κ3) is 5.61. The zero-order valence-electron chi connectivity index (χ0n) is 25.5. The average molecular weight is 577 g/mol. The van der Waals surface area contributed by atoms with Gasteiger partial charge >= 0.3 is 0 Å². The lowest BCUT2D eigenvalue weighted by molar-refractivity contribution is 0.484. The van der Waals surface area contributed by atoms with Crippen LogP contribution in [0.2, 0.25) is 0 Å². The number of nitriles is 1. The van der Waals surface area contributed by atoms with Gasteiger partial charge in [0.2, 0.25) is 0 Å². The lowest BCUT2D eigenvalue weighted by atomic mass is 9.88. The van der Waals surface area contributed by atoms with E-state index in [9.17, 15) is 5.26 Å². The number of hydrogen-bond donors (Lipinski definition) is 0. The Morgan fingerprint density at radius 1 is 0.886 bits per heavy atom. The van der Waals surface area contributed by atoms with E-state index in [1.165, 1.54) is 5.56 Å². The predicted molar refractivity (Wildman–Crippen MR) is 174 cm³/mol. The molecule has 0 amide bonds. The first-order chi connectivity index (χ1) is 21.1. The van der Waals surface area contributed by atoms with Gasteiger partial charge in [-0.3, -0.25) is 4.57 Å². The molecule has 6 aromatic rings.